The number of methoxy groups -OCH3 is 1. The molecule has 0 saturated heterocycles. The molecule has 0 bridgehead atoms. The number of rotatable bonds is 3. The van der Waals surface area contributed by atoms with Gasteiger partial charge in [0.15, 0.2) is 0 Å². The van der Waals surface area contributed by atoms with Gasteiger partial charge in [0.25, 0.3) is 0 Å². The van der Waals surface area contributed by atoms with Crippen molar-refractivity contribution < 1.29 is 17.9 Å². The van der Waals surface area contributed by atoms with Crippen molar-refractivity contribution in [2.24, 2.45) is 5.73 Å². The van der Waals surface area contributed by atoms with Crippen LogP contribution < -0.4 is 10.5 Å². The number of alkyl halides is 3. The number of halogens is 4. The van der Waals surface area contributed by atoms with E-state index in [1.54, 1.807) is 18.2 Å². The third-order valence-electron chi connectivity index (χ3n) is 2.77. The molecule has 0 fully saturated rings. The van der Waals surface area contributed by atoms with Gasteiger partial charge in [-0.1, -0.05) is 0 Å². The number of nitrogens with one attached hydrogen (secondary N) is 1. The van der Waals surface area contributed by atoms with E-state index in [2.05, 4.69) is 4.98 Å². The van der Waals surface area contributed by atoms with E-state index in [-0.39, 0.29) is 12.4 Å². The van der Waals surface area contributed by atoms with Crippen LogP contribution in [0.2, 0.25) is 0 Å². The van der Waals surface area contributed by atoms with Gasteiger partial charge in [0.1, 0.15) is 5.75 Å². The molecule has 106 valence electrons. The number of aromatic amines is 1. The molecule has 0 spiro atoms. The average Bonchev–Trinajstić information content (AvgIpc) is 2.69. The Hall–Kier alpha value is -1.40. The molecule has 0 unspecified atom stereocenters. The Morgan fingerprint density at radius 2 is 2.05 bits per heavy atom. The SMILES string of the molecule is COc1ccc2[nH]cc([C@@H](N)CC(F)(F)F)c2c1.Cl. The first kappa shape index (κ1) is 15.7. The summed E-state index contributed by atoms with van der Waals surface area (Å²) in [4.78, 5) is 2.90. The molecule has 19 heavy (non-hydrogen) atoms. The third kappa shape index (κ3) is 3.54. The molecular formula is C12H14ClF3N2O. The summed E-state index contributed by atoms with van der Waals surface area (Å²) in [6.45, 7) is 0. The van der Waals surface area contributed by atoms with E-state index in [1.807, 2.05) is 0 Å². The maximum atomic E-state index is 12.3. The fraction of sp³-hybridized carbons (Fsp3) is 0.333. The summed E-state index contributed by atoms with van der Waals surface area (Å²) in [5, 5.41) is 0.658. The van der Waals surface area contributed by atoms with Crippen LogP contribution in [-0.2, 0) is 0 Å². The molecule has 2 aromatic rings. The fourth-order valence-electron chi connectivity index (χ4n) is 1.91. The monoisotopic (exact) mass is 294 g/mol. The minimum atomic E-state index is -4.28. The Morgan fingerprint density at radius 3 is 2.63 bits per heavy atom. The number of hydrogen-bond acceptors (Lipinski definition) is 2. The lowest BCUT2D eigenvalue weighted by Crippen LogP contribution is -2.19. The number of nitrogens with two attached hydrogens (primary N) is 1. The van der Waals surface area contributed by atoms with Gasteiger partial charge >= 0.3 is 6.18 Å². The van der Waals surface area contributed by atoms with Crippen molar-refractivity contribution in [1.29, 1.82) is 0 Å². The van der Waals surface area contributed by atoms with Crippen molar-refractivity contribution in [3.8, 4) is 5.75 Å². The largest absolute Gasteiger partial charge is 0.497 e. The van der Waals surface area contributed by atoms with E-state index in [9.17, 15) is 13.2 Å². The number of aromatic nitrogens is 1. The molecule has 0 radical (unpaired) electrons. The first-order chi connectivity index (χ1) is 8.40. The highest BCUT2D eigenvalue weighted by Crippen LogP contribution is 2.32. The molecule has 0 saturated carbocycles. The molecule has 3 N–H and O–H groups in total. The summed E-state index contributed by atoms with van der Waals surface area (Å²) in [6.07, 6.45) is -3.81. The number of ether oxygens (including phenoxy) is 1. The van der Waals surface area contributed by atoms with Gasteiger partial charge in [-0.25, -0.2) is 0 Å². The van der Waals surface area contributed by atoms with Crippen LogP contribution in [0.1, 0.15) is 18.0 Å². The first-order valence-corrected chi connectivity index (χ1v) is 5.38. The van der Waals surface area contributed by atoms with E-state index < -0.39 is 18.6 Å². The Balaban J connectivity index is 0.00000180. The zero-order chi connectivity index (χ0) is 13.3. The number of fused-ring (bicyclic) bond motifs is 1. The molecular weight excluding hydrogens is 281 g/mol. The van der Waals surface area contributed by atoms with Crippen LogP contribution in [0.3, 0.4) is 0 Å². The van der Waals surface area contributed by atoms with Crippen LogP contribution in [-0.4, -0.2) is 18.3 Å². The highest BCUT2D eigenvalue weighted by molar-refractivity contribution is 5.85. The summed E-state index contributed by atoms with van der Waals surface area (Å²) in [7, 11) is 1.50. The van der Waals surface area contributed by atoms with Crippen molar-refractivity contribution in [3.05, 3.63) is 30.0 Å². The Morgan fingerprint density at radius 1 is 1.37 bits per heavy atom. The minimum Gasteiger partial charge on any atom is -0.497 e. The van der Waals surface area contributed by atoms with Crippen LogP contribution in [0.5, 0.6) is 5.75 Å². The number of hydrogen-bond donors (Lipinski definition) is 2. The molecule has 0 amide bonds. The van der Waals surface area contributed by atoms with Crippen LogP contribution in [0.25, 0.3) is 10.9 Å². The standard InChI is InChI=1S/C12H13F3N2O.ClH/c1-18-7-2-3-11-8(4-7)9(6-17-11)10(16)5-12(13,14)15;/h2-4,6,10,17H,5,16H2,1H3;1H/t10-;/m0./s1. The lowest BCUT2D eigenvalue weighted by atomic mass is 10.0. The second kappa shape index (κ2) is 5.71. The highest BCUT2D eigenvalue weighted by atomic mass is 35.5. The summed E-state index contributed by atoms with van der Waals surface area (Å²) in [5.41, 5.74) is 6.79. The first-order valence-electron chi connectivity index (χ1n) is 5.38. The molecule has 0 aliphatic carbocycles. The molecule has 3 nitrogen and oxygen atoms in total. The predicted molar refractivity (Wildman–Crippen MR) is 69.7 cm³/mol. The Kier molecular flexibility index (Phi) is 4.70. The van der Waals surface area contributed by atoms with Crippen LogP contribution in [0.4, 0.5) is 13.2 Å². The lowest BCUT2D eigenvalue weighted by molar-refractivity contribution is -0.138. The maximum absolute atomic E-state index is 12.3. The molecule has 1 atom stereocenters. The smallest absolute Gasteiger partial charge is 0.390 e. The highest BCUT2D eigenvalue weighted by Gasteiger charge is 2.31. The van der Waals surface area contributed by atoms with Gasteiger partial charge in [-0.2, -0.15) is 13.2 Å². The number of H-pyrrole nitrogens is 1. The third-order valence-corrected chi connectivity index (χ3v) is 2.77. The summed E-state index contributed by atoms with van der Waals surface area (Å²) < 4.78 is 42.0. The van der Waals surface area contributed by atoms with Crippen molar-refractivity contribution in [2.75, 3.05) is 7.11 Å². The van der Waals surface area contributed by atoms with Gasteiger partial charge in [-0.3, -0.25) is 0 Å². The fourth-order valence-corrected chi connectivity index (χ4v) is 1.91. The molecule has 2 rings (SSSR count). The lowest BCUT2D eigenvalue weighted by Gasteiger charge is -2.13. The zero-order valence-corrected chi connectivity index (χ0v) is 10.9. The zero-order valence-electron chi connectivity index (χ0n) is 10.1. The molecule has 1 aromatic carbocycles. The van der Waals surface area contributed by atoms with Gasteiger partial charge in [0.05, 0.1) is 13.5 Å². The van der Waals surface area contributed by atoms with Gasteiger partial charge in [0, 0.05) is 23.1 Å². The van der Waals surface area contributed by atoms with Gasteiger partial charge < -0.3 is 15.5 Å². The van der Waals surface area contributed by atoms with Crippen molar-refractivity contribution in [2.45, 2.75) is 18.6 Å². The summed E-state index contributed by atoms with van der Waals surface area (Å²) in [5.74, 6) is 0.586. The van der Waals surface area contributed by atoms with Gasteiger partial charge in [-0.15, -0.1) is 12.4 Å². The van der Waals surface area contributed by atoms with E-state index in [0.29, 0.717) is 16.7 Å². The second-order valence-electron chi connectivity index (χ2n) is 4.08. The van der Waals surface area contributed by atoms with Crippen molar-refractivity contribution in [3.63, 3.8) is 0 Å². The number of benzene rings is 1. The molecule has 0 aliphatic rings. The van der Waals surface area contributed by atoms with E-state index in [1.165, 1.54) is 13.3 Å². The van der Waals surface area contributed by atoms with E-state index in [4.69, 9.17) is 10.5 Å². The minimum absolute atomic E-state index is 0. The Bertz CT molecular complexity index is 553. The summed E-state index contributed by atoms with van der Waals surface area (Å²) in [6, 6.07) is 4.08. The maximum Gasteiger partial charge on any atom is 0.390 e. The topological polar surface area (TPSA) is 51.0 Å². The quantitative estimate of drug-likeness (QED) is 0.909. The van der Waals surface area contributed by atoms with Crippen molar-refractivity contribution in [1.82, 2.24) is 4.98 Å². The van der Waals surface area contributed by atoms with Crippen molar-refractivity contribution >= 4 is 23.3 Å². The normalized spacial score (nSPS) is 13.1. The predicted octanol–water partition coefficient (Wildman–Crippen LogP) is 3.55. The van der Waals surface area contributed by atoms with Crippen LogP contribution in [0, 0.1) is 0 Å². The second-order valence-corrected chi connectivity index (χ2v) is 4.08. The summed E-state index contributed by atoms with van der Waals surface area (Å²) >= 11 is 0. The average molecular weight is 295 g/mol. The molecule has 0 aliphatic heterocycles. The molecule has 1 aromatic heterocycles. The van der Waals surface area contributed by atoms with Crippen LogP contribution in [0.15, 0.2) is 24.4 Å². The van der Waals surface area contributed by atoms with E-state index >= 15 is 0 Å². The van der Waals surface area contributed by atoms with Gasteiger partial charge in [0.2, 0.25) is 0 Å². The molecule has 1 heterocycles. The Labute approximate surface area is 114 Å². The van der Waals surface area contributed by atoms with E-state index in [0.717, 1.165) is 5.52 Å². The molecule has 7 heteroatoms. The van der Waals surface area contributed by atoms with Gasteiger partial charge in [-0.05, 0) is 23.8 Å². The van der Waals surface area contributed by atoms with Crippen LogP contribution >= 0.6 is 12.4 Å².